The Kier molecular flexibility index (Phi) is 5.65. The van der Waals surface area contributed by atoms with Crippen LogP contribution in [0.3, 0.4) is 0 Å². The lowest BCUT2D eigenvalue weighted by molar-refractivity contribution is 0.137. The fourth-order valence-corrected chi connectivity index (χ4v) is 5.24. The summed E-state index contributed by atoms with van der Waals surface area (Å²) in [6.07, 6.45) is 20.9. The van der Waals surface area contributed by atoms with Crippen molar-refractivity contribution < 1.29 is 0 Å². The molecule has 3 aliphatic carbocycles. The molecular formula is C20H37N. The van der Waals surface area contributed by atoms with E-state index in [-0.39, 0.29) is 0 Å². The van der Waals surface area contributed by atoms with Crippen LogP contribution in [0.5, 0.6) is 0 Å². The van der Waals surface area contributed by atoms with Crippen molar-refractivity contribution in [2.75, 3.05) is 6.54 Å². The van der Waals surface area contributed by atoms with Crippen molar-refractivity contribution in [1.82, 2.24) is 5.32 Å². The van der Waals surface area contributed by atoms with Crippen LogP contribution in [-0.2, 0) is 0 Å². The van der Waals surface area contributed by atoms with Crippen molar-refractivity contribution in [1.29, 1.82) is 0 Å². The Morgan fingerprint density at radius 1 is 0.905 bits per heavy atom. The maximum atomic E-state index is 3.89. The van der Waals surface area contributed by atoms with Crippen molar-refractivity contribution in [3.8, 4) is 0 Å². The highest BCUT2D eigenvalue weighted by atomic mass is 15.0. The fourth-order valence-electron chi connectivity index (χ4n) is 5.24. The van der Waals surface area contributed by atoms with Gasteiger partial charge in [-0.1, -0.05) is 58.3 Å². The topological polar surface area (TPSA) is 12.0 Å². The summed E-state index contributed by atoms with van der Waals surface area (Å²) in [5, 5.41) is 3.89. The molecule has 1 N–H and O–H groups in total. The van der Waals surface area contributed by atoms with Gasteiger partial charge in [-0.2, -0.15) is 0 Å². The normalized spacial score (nSPS) is 34.7. The van der Waals surface area contributed by atoms with Crippen molar-refractivity contribution in [2.24, 2.45) is 17.3 Å². The van der Waals surface area contributed by atoms with Gasteiger partial charge in [-0.25, -0.2) is 0 Å². The van der Waals surface area contributed by atoms with E-state index in [1.807, 2.05) is 0 Å². The summed E-state index contributed by atoms with van der Waals surface area (Å²) in [5.74, 6) is 2.18. The molecule has 2 bridgehead atoms. The molecule has 0 saturated heterocycles. The Balaban J connectivity index is 1.38. The summed E-state index contributed by atoms with van der Waals surface area (Å²) < 4.78 is 0. The van der Waals surface area contributed by atoms with Crippen LogP contribution in [0.25, 0.3) is 0 Å². The van der Waals surface area contributed by atoms with E-state index in [4.69, 9.17) is 0 Å². The first-order chi connectivity index (χ1) is 10.3. The molecule has 122 valence electrons. The fraction of sp³-hybridized carbons (Fsp3) is 1.00. The van der Waals surface area contributed by atoms with E-state index in [9.17, 15) is 0 Å². The molecule has 1 heteroatoms. The monoisotopic (exact) mass is 291 g/mol. The lowest BCUT2D eigenvalue weighted by atomic mass is 9.69. The molecular weight excluding hydrogens is 254 g/mol. The van der Waals surface area contributed by atoms with Crippen LogP contribution < -0.4 is 5.32 Å². The Labute approximate surface area is 132 Å². The van der Waals surface area contributed by atoms with Gasteiger partial charge in [0.15, 0.2) is 0 Å². The molecule has 3 atom stereocenters. The second-order valence-electron chi connectivity index (χ2n) is 8.47. The predicted molar refractivity (Wildman–Crippen MR) is 91.5 cm³/mol. The zero-order valence-corrected chi connectivity index (χ0v) is 14.3. The molecule has 3 aliphatic rings. The second-order valence-corrected chi connectivity index (χ2v) is 8.47. The van der Waals surface area contributed by atoms with Gasteiger partial charge < -0.3 is 5.32 Å². The van der Waals surface area contributed by atoms with Gasteiger partial charge in [-0.3, -0.25) is 0 Å². The van der Waals surface area contributed by atoms with Gasteiger partial charge >= 0.3 is 0 Å². The van der Waals surface area contributed by atoms with E-state index >= 15 is 0 Å². The zero-order valence-electron chi connectivity index (χ0n) is 14.3. The first-order valence-corrected chi connectivity index (χ1v) is 10.1. The molecule has 0 aromatic carbocycles. The quantitative estimate of drug-likeness (QED) is 0.482. The lowest BCUT2D eigenvalue weighted by Crippen LogP contribution is -2.39. The highest BCUT2D eigenvalue weighted by Crippen LogP contribution is 2.58. The SMILES string of the molecule is CCCCCCCCCC1(CNC2CC2)CC2CCC1C2. The van der Waals surface area contributed by atoms with Crippen LogP contribution in [0, 0.1) is 17.3 Å². The second kappa shape index (κ2) is 7.49. The Bertz CT molecular complexity index is 309. The largest absolute Gasteiger partial charge is 0.313 e. The molecule has 3 unspecified atom stereocenters. The molecule has 1 nitrogen and oxygen atoms in total. The smallest absolute Gasteiger partial charge is 0.00684 e. The number of nitrogens with one attached hydrogen (secondary N) is 1. The van der Waals surface area contributed by atoms with Gasteiger partial charge in [0.25, 0.3) is 0 Å². The molecule has 0 amide bonds. The zero-order chi connectivity index (χ0) is 14.5. The summed E-state index contributed by atoms with van der Waals surface area (Å²) >= 11 is 0. The number of hydrogen-bond acceptors (Lipinski definition) is 1. The molecule has 3 saturated carbocycles. The Hall–Kier alpha value is -0.0400. The van der Waals surface area contributed by atoms with Crippen molar-refractivity contribution in [3.63, 3.8) is 0 Å². The molecule has 3 rings (SSSR count). The van der Waals surface area contributed by atoms with Gasteiger partial charge in [0.05, 0.1) is 0 Å². The minimum atomic E-state index is 0.717. The Morgan fingerprint density at radius 3 is 2.29 bits per heavy atom. The van der Waals surface area contributed by atoms with Gasteiger partial charge in [0.2, 0.25) is 0 Å². The third-order valence-corrected chi connectivity index (χ3v) is 6.70. The third-order valence-electron chi connectivity index (χ3n) is 6.70. The van der Waals surface area contributed by atoms with E-state index in [0.717, 1.165) is 23.3 Å². The van der Waals surface area contributed by atoms with Gasteiger partial charge in [-0.15, -0.1) is 0 Å². The summed E-state index contributed by atoms with van der Waals surface area (Å²) in [6, 6.07) is 0.898. The summed E-state index contributed by atoms with van der Waals surface area (Å²) in [5.41, 5.74) is 0.717. The Morgan fingerprint density at radius 2 is 1.67 bits per heavy atom. The van der Waals surface area contributed by atoms with Crippen LogP contribution in [-0.4, -0.2) is 12.6 Å². The average Bonchev–Trinajstić information content (AvgIpc) is 3.12. The average molecular weight is 292 g/mol. The van der Waals surface area contributed by atoms with E-state index in [2.05, 4.69) is 12.2 Å². The van der Waals surface area contributed by atoms with Crippen LogP contribution in [0.2, 0.25) is 0 Å². The minimum absolute atomic E-state index is 0.717. The maximum absolute atomic E-state index is 3.89. The number of fused-ring (bicyclic) bond motifs is 2. The minimum Gasteiger partial charge on any atom is -0.313 e. The molecule has 0 aliphatic heterocycles. The molecule has 0 radical (unpaired) electrons. The van der Waals surface area contributed by atoms with Crippen LogP contribution in [0.4, 0.5) is 0 Å². The van der Waals surface area contributed by atoms with E-state index in [1.54, 1.807) is 25.7 Å². The lowest BCUT2D eigenvalue weighted by Gasteiger charge is -2.38. The van der Waals surface area contributed by atoms with Crippen LogP contribution in [0.15, 0.2) is 0 Å². The van der Waals surface area contributed by atoms with Crippen LogP contribution >= 0.6 is 0 Å². The van der Waals surface area contributed by atoms with E-state index < -0.39 is 0 Å². The first kappa shape index (κ1) is 15.8. The summed E-state index contributed by atoms with van der Waals surface area (Å²) in [7, 11) is 0. The molecule has 3 fully saturated rings. The summed E-state index contributed by atoms with van der Waals surface area (Å²) in [4.78, 5) is 0. The van der Waals surface area contributed by atoms with Crippen LogP contribution in [0.1, 0.15) is 96.8 Å². The molecule has 0 aromatic rings. The van der Waals surface area contributed by atoms with Gasteiger partial charge in [0.1, 0.15) is 0 Å². The van der Waals surface area contributed by atoms with Gasteiger partial charge in [-0.05, 0) is 55.8 Å². The van der Waals surface area contributed by atoms with E-state index in [0.29, 0.717) is 0 Å². The molecule has 0 heterocycles. The summed E-state index contributed by atoms with van der Waals surface area (Å²) in [6.45, 7) is 3.67. The third kappa shape index (κ3) is 4.24. The first-order valence-electron chi connectivity index (χ1n) is 10.1. The highest BCUT2D eigenvalue weighted by molar-refractivity contribution is 5.02. The number of hydrogen-bond donors (Lipinski definition) is 1. The maximum Gasteiger partial charge on any atom is 0.00684 e. The van der Waals surface area contributed by atoms with Crippen molar-refractivity contribution in [2.45, 2.75) is 103 Å². The predicted octanol–water partition coefficient (Wildman–Crippen LogP) is 5.69. The molecule has 0 aromatic heterocycles. The standard InChI is InChI=1S/C20H37N/c1-2-3-4-5-6-7-8-13-20(16-21-19-11-12-19)15-17-9-10-18(20)14-17/h17-19,21H,2-16H2,1H3. The van der Waals surface area contributed by atoms with E-state index in [1.165, 1.54) is 70.8 Å². The highest BCUT2D eigenvalue weighted by Gasteiger charge is 2.50. The van der Waals surface area contributed by atoms with Crippen molar-refractivity contribution in [3.05, 3.63) is 0 Å². The van der Waals surface area contributed by atoms with Gasteiger partial charge in [0, 0.05) is 12.6 Å². The number of unbranched alkanes of at least 4 members (excludes halogenated alkanes) is 6. The number of rotatable bonds is 11. The molecule has 21 heavy (non-hydrogen) atoms. The van der Waals surface area contributed by atoms with Crippen molar-refractivity contribution >= 4 is 0 Å². The molecule has 0 spiro atoms.